The van der Waals surface area contributed by atoms with Crippen LogP contribution in [0.2, 0.25) is 0 Å². The van der Waals surface area contributed by atoms with Gasteiger partial charge in [0, 0.05) is 13.0 Å². The summed E-state index contributed by atoms with van der Waals surface area (Å²) in [5, 5.41) is 6.03. The number of rotatable bonds is 8. The van der Waals surface area contributed by atoms with Gasteiger partial charge in [-0.05, 0) is 31.9 Å². The summed E-state index contributed by atoms with van der Waals surface area (Å²) >= 11 is 1.31. The highest BCUT2D eigenvalue weighted by molar-refractivity contribution is 7.20. The molecule has 0 bridgehead atoms. The first-order valence-electron chi connectivity index (χ1n) is 9.16. The van der Waals surface area contributed by atoms with E-state index in [-0.39, 0.29) is 30.4 Å². The number of amides is 1. The van der Waals surface area contributed by atoms with Crippen molar-refractivity contribution in [2.24, 2.45) is 10.7 Å². The van der Waals surface area contributed by atoms with Gasteiger partial charge in [-0.3, -0.25) is 24.7 Å². The van der Waals surface area contributed by atoms with Gasteiger partial charge in [0.15, 0.2) is 5.01 Å². The Kier molecular flexibility index (Phi) is 6.48. The number of para-hydroxylation sites is 1. The van der Waals surface area contributed by atoms with Crippen molar-refractivity contribution in [1.29, 1.82) is 0 Å². The minimum absolute atomic E-state index is 0.0121. The van der Waals surface area contributed by atoms with E-state index in [0.29, 0.717) is 30.2 Å². The smallest absolute Gasteiger partial charge is 0.238 e. The zero-order chi connectivity index (χ0) is 20.1. The highest BCUT2D eigenvalue weighted by Gasteiger charge is 2.31. The second kappa shape index (κ2) is 9.03. The molecule has 0 aliphatic carbocycles. The molecule has 2 heterocycles. The summed E-state index contributed by atoms with van der Waals surface area (Å²) < 4.78 is 0.919. The van der Waals surface area contributed by atoms with E-state index in [9.17, 15) is 14.4 Å². The fraction of sp³-hybridized carbons (Fsp3) is 0.421. The molecule has 148 valence electrons. The van der Waals surface area contributed by atoms with Crippen LogP contribution in [0.25, 0.3) is 10.2 Å². The Balaban J connectivity index is 1.73. The summed E-state index contributed by atoms with van der Waals surface area (Å²) in [6, 6.07) is 6.20. The van der Waals surface area contributed by atoms with Crippen LogP contribution in [-0.2, 0) is 9.59 Å². The van der Waals surface area contributed by atoms with Crippen LogP contribution in [0.3, 0.4) is 0 Å². The van der Waals surface area contributed by atoms with Crippen molar-refractivity contribution in [2.75, 3.05) is 13.1 Å². The van der Waals surface area contributed by atoms with Crippen LogP contribution in [0, 0.1) is 0 Å². The third-order valence-electron chi connectivity index (χ3n) is 4.44. The SMILES string of the molecule is CC(N)=NCCC[C@H](NC(=O)[C@@H]1CC(=O)CN1)C(=O)c1nc2ccccc2s1. The molecule has 8 nitrogen and oxygen atoms in total. The van der Waals surface area contributed by atoms with Crippen LogP contribution < -0.4 is 16.4 Å². The maximum atomic E-state index is 13.0. The summed E-state index contributed by atoms with van der Waals surface area (Å²) in [5.74, 6) is -0.107. The third-order valence-corrected chi connectivity index (χ3v) is 5.49. The lowest BCUT2D eigenvalue weighted by molar-refractivity contribution is -0.124. The Bertz CT molecular complexity index is 886. The second-order valence-corrected chi connectivity index (χ2v) is 7.78. The standard InChI is InChI=1S/C19H23N5O3S/c1-11(20)21-8-4-6-14(23-18(27)15-9-12(25)10-22-15)17(26)19-24-13-5-2-3-7-16(13)28-19/h2-3,5,7,14-15,22H,4,6,8-10H2,1H3,(H2,20,21)(H,23,27)/t14-,15-/m0/s1. The minimum atomic E-state index is -0.723. The molecule has 1 aromatic carbocycles. The molecule has 0 spiro atoms. The first kappa shape index (κ1) is 20.1. The Labute approximate surface area is 166 Å². The number of nitrogens with zero attached hydrogens (tertiary/aromatic N) is 2. The molecule has 1 fully saturated rings. The van der Waals surface area contributed by atoms with E-state index < -0.39 is 12.1 Å². The predicted octanol–water partition coefficient (Wildman–Crippen LogP) is 1.05. The average molecular weight is 401 g/mol. The number of nitrogens with one attached hydrogen (secondary N) is 2. The quantitative estimate of drug-likeness (QED) is 0.263. The zero-order valence-electron chi connectivity index (χ0n) is 15.6. The summed E-state index contributed by atoms with van der Waals surface area (Å²) in [7, 11) is 0. The van der Waals surface area contributed by atoms with E-state index in [1.54, 1.807) is 6.92 Å². The van der Waals surface area contributed by atoms with E-state index in [1.165, 1.54) is 11.3 Å². The van der Waals surface area contributed by atoms with Gasteiger partial charge in [-0.15, -0.1) is 11.3 Å². The molecule has 2 aromatic rings. The first-order chi connectivity index (χ1) is 13.4. The molecule has 0 saturated carbocycles. The Morgan fingerprint density at radius 3 is 2.89 bits per heavy atom. The molecule has 0 unspecified atom stereocenters. The molecule has 4 N–H and O–H groups in total. The minimum Gasteiger partial charge on any atom is -0.388 e. The van der Waals surface area contributed by atoms with Gasteiger partial charge in [0.05, 0.1) is 34.7 Å². The fourth-order valence-corrected chi connectivity index (χ4v) is 3.97. The van der Waals surface area contributed by atoms with Gasteiger partial charge in [0.1, 0.15) is 5.78 Å². The summed E-state index contributed by atoms with van der Waals surface area (Å²) in [6.07, 6.45) is 1.15. The highest BCUT2D eigenvalue weighted by Crippen LogP contribution is 2.23. The van der Waals surface area contributed by atoms with E-state index in [0.717, 1.165) is 10.2 Å². The normalized spacial score (nSPS) is 18.4. The molecule has 9 heteroatoms. The molecule has 1 aliphatic rings. The highest BCUT2D eigenvalue weighted by atomic mass is 32.1. The zero-order valence-corrected chi connectivity index (χ0v) is 16.4. The van der Waals surface area contributed by atoms with Crippen molar-refractivity contribution in [1.82, 2.24) is 15.6 Å². The molecule has 1 amide bonds. The van der Waals surface area contributed by atoms with Gasteiger partial charge in [0.2, 0.25) is 11.7 Å². The van der Waals surface area contributed by atoms with Crippen molar-refractivity contribution < 1.29 is 14.4 Å². The number of thiazole rings is 1. The Morgan fingerprint density at radius 1 is 1.43 bits per heavy atom. The number of benzene rings is 1. The number of carbonyl (C=O) groups is 3. The largest absolute Gasteiger partial charge is 0.388 e. The maximum absolute atomic E-state index is 13.0. The summed E-state index contributed by atoms with van der Waals surface area (Å²) in [6.45, 7) is 2.36. The van der Waals surface area contributed by atoms with Crippen LogP contribution in [0.4, 0.5) is 0 Å². The molecule has 1 saturated heterocycles. The van der Waals surface area contributed by atoms with E-state index in [4.69, 9.17) is 5.73 Å². The first-order valence-corrected chi connectivity index (χ1v) is 9.97. The van der Waals surface area contributed by atoms with Crippen molar-refractivity contribution >= 4 is 44.9 Å². The number of aliphatic imine (C=N–C) groups is 1. The number of Topliss-reactive ketones (excluding diaryl/α,β-unsaturated/α-hetero) is 2. The van der Waals surface area contributed by atoms with Crippen LogP contribution in [-0.4, -0.2) is 53.5 Å². The molecule has 1 aliphatic heterocycles. The molecule has 28 heavy (non-hydrogen) atoms. The lowest BCUT2D eigenvalue weighted by Crippen LogP contribution is -2.48. The maximum Gasteiger partial charge on any atom is 0.238 e. The van der Waals surface area contributed by atoms with Crippen molar-refractivity contribution in [3.63, 3.8) is 0 Å². The summed E-state index contributed by atoms with van der Waals surface area (Å²) in [4.78, 5) is 45.5. The van der Waals surface area contributed by atoms with E-state index in [1.807, 2.05) is 24.3 Å². The van der Waals surface area contributed by atoms with Crippen LogP contribution in [0.1, 0.15) is 36.0 Å². The lowest BCUT2D eigenvalue weighted by Gasteiger charge is -2.18. The van der Waals surface area contributed by atoms with E-state index in [2.05, 4.69) is 20.6 Å². The number of ketones is 2. The van der Waals surface area contributed by atoms with Gasteiger partial charge in [-0.25, -0.2) is 4.98 Å². The molecular formula is C19H23N5O3S. The van der Waals surface area contributed by atoms with Crippen molar-refractivity contribution in [3.8, 4) is 0 Å². The number of amidine groups is 1. The summed E-state index contributed by atoms with van der Waals surface area (Å²) in [5.41, 5.74) is 6.30. The number of nitrogens with two attached hydrogens (primary N) is 1. The number of fused-ring (bicyclic) bond motifs is 1. The third kappa shape index (κ3) is 4.99. The van der Waals surface area contributed by atoms with Gasteiger partial charge in [-0.1, -0.05) is 12.1 Å². The monoisotopic (exact) mass is 401 g/mol. The second-order valence-electron chi connectivity index (χ2n) is 6.75. The number of aromatic nitrogens is 1. The molecule has 0 radical (unpaired) electrons. The van der Waals surface area contributed by atoms with Crippen LogP contribution in [0.15, 0.2) is 29.3 Å². The predicted molar refractivity (Wildman–Crippen MR) is 109 cm³/mol. The average Bonchev–Trinajstić information content (AvgIpc) is 3.29. The van der Waals surface area contributed by atoms with Crippen molar-refractivity contribution in [2.45, 2.75) is 38.3 Å². The van der Waals surface area contributed by atoms with Gasteiger partial charge in [0.25, 0.3) is 0 Å². The van der Waals surface area contributed by atoms with Gasteiger partial charge < -0.3 is 11.1 Å². The van der Waals surface area contributed by atoms with Crippen LogP contribution >= 0.6 is 11.3 Å². The Hall–Kier alpha value is -2.65. The number of hydrogen-bond donors (Lipinski definition) is 3. The topological polar surface area (TPSA) is 127 Å². The molecule has 2 atom stereocenters. The molecular weight excluding hydrogens is 378 g/mol. The number of carbonyl (C=O) groups excluding carboxylic acids is 3. The van der Waals surface area contributed by atoms with Crippen molar-refractivity contribution in [3.05, 3.63) is 29.3 Å². The van der Waals surface area contributed by atoms with E-state index >= 15 is 0 Å². The Morgan fingerprint density at radius 2 is 2.21 bits per heavy atom. The molecule has 1 aromatic heterocycles. The van der Waals surface area contributed by atoms with Gasteiger partial charge in [-0.2, -0.15) is 0 Å². The fourth-order valence-electron chi connectivity index (χ4n) is 3.01. The molecule has 3 rings (SSSR count). The lowest BCUT2D eigenvalue weighted by atomic mass is 10.1. The number of hydrogen-bond acceptors (Lipinski definition) is 7. The van der Waals surface area contributed by atoms with Crippen LogP contribution in [0.5, 0.6) is 0 Å². The van der Waals surface area contributed by atoms with Gasteiger partial charge >= 0.3 is 0 Å².